The zero-order valence-electron chi connectivity index (χ0n) is 16.6. The number of rotatable bonds is 4. The van der Waals surface area contributed by atoms with Crippen molar-refractivity contribution < 1.29 is 9.72 Å². The van der Waals surface area contributed by atoms with Crippen LogP contribution in [-0.4, -0.2) is 29.6 Å². The number of carbonyl (C=O) groups excluding carboxylic acids is 1. The smallest absolute Gasteiger partial charge is 0.271 e. The van der Waals surface area contributed by atoms with E-state index in [9.17, 15) is 14.9 Å². The van der Waals surface area contributed by atoms with Gasteiger partial charge >= 0.3 is 0 Å². The van der Waals surface area contributed by atoms with Crippen molar-refractivity contribution in [3.05, 3.63) is 74.3 Å². The first-order chi connectivity index (χ1) is 13.6. The molecule has 150 valence electrons. The van der Waals surface area contributed by atoms with Crippen molar-refractivity contribution in [2.45, 2.75) is 26.3 Å². The minimum absolute atomic E-state index is 0.0811. The van der Waals surface area contributed by atoms with Gasteiger partial charge in [0.1, 0.15) is 0 Å². The first kappa shape index (κ1) is 20.5. The molecule has 0 saturated carbocycles. The number of nitro benzene ring substituents is 1. The van der Waals surface area contributed by atoms with Crippen molar-refractivity contribution in [2.75, 3.05) is 11.9 Å². The summed E-state index contributed by atoms with van der Waals surface area (Å²) in [4.78, 5) is 24.5. The number of nitrogens with zero attached hydrogens (tertiary/aromatic N) is 3. The minimum atomic E-state index is -0.521. The molecule has 0 spiro atoms. The van der Waals surface area contributed by atoms with Gasteiger partial charge < -0.3 is 4.90 Å². The molecular formula is C21H21ClN4O3. The number of fused-ring (bicyclic) bond motifs is 1. The normalized spacial score (nSPS) is 15.1. The average Bonchev–Trinajstić information content (AvgIpc) is 2.66. The molecule has 0 bridgehead atoms. The maximum atomic E-state index is 12.2. The minimum Gasteiger partial charge on any atom is -0.365 e. The molecule has 1 aliphatic heterocycles. The molecule has 0 unspecified atom stereocenters. The van der Waals surface area contributed by atoms with Crippen LogP contribution in [0.3, 0.4) is 0 Å². The van der Waals surface area contributed by atoms with E-state index in [4.69, 9.17) is 11.6 Å². The molecule has 1 N–H and O–H groups in total. The van der Waals surface area contributed by atoms with Gasteiger partial charge in [-0.15, -0.1) is 0 Å². The van der Waals surface area contributed by atoms with E-state index in [1.807, 2.05) is 19.2 Å². The van der Waals surface area contributed by atoms with E-state index >= 15 is 0 Å². The van der Waals surface area contributed by atoms with Crippen LogP contribution < -0.4 is 10.3 Å². The van der Waals surface area contributed by atoms with E-state index in [0.717, 1.165) is 16.8 Å². The molecule has 0 fully saturated rings. The molecule has 7 nitrogen and oxygen atoms in total. The summed E-state index contributed by atoms with van der Waals surface area (Å²) < 4.78 is 0. The number of likely N-dealkylation sites (N-methyl/N-ethyl adjacent to an activating group) is 1. The van der Waals surface area contributed by atoms with Gasteiger partial charge in [-0.1, -0.05) is 17.7 Å². The Morgan fingerprint density at radius 3 is 2.55 bits per heavy atom. The molecular weight excluding hydrogens is 392 g/mol. The molecule has 0 aliphatic carbocycles. The van der Waals surface area contributed by atoms with Crippen LogP contribution in [0.5, 0.6) is 0 Å². The van der Waals surface area contributed by atoms with Gasteiger partial charge in [0.25, 0.3) is 11.6 Å². The number of anilines is 1. The van der Waals surface area contributed by atoms with Gasteiger partial charge in [-0.2, -0.15) is 5.10 Å². The fraction of sp³-hybridized carbons (Fsp3) is 0.238. The van der Waals surface area contributed by atoms with E-state index in [2.05, 4.69) is 42.3 Å². The maximum Gasteiger partial charge on any atom is 0.271 e. The molecule has 1 amide bonds. The Kier molecular flexibility index (Phi) is 5.44. The first-order valence-corrected chi connectivity index (χ1v) is 9.33. The number of nitro groups is 1. The summed E-state index contributed by atoms with van der Waals surface area (Å²) in [5.41, 5.74) is 6.39. The van der Waals surface area contributed by atoms with E-state index in [1.165, 1.54) is 30.5 Å². The molecule has 29 heavy (non-hydrogen) atoms. The van der Waals surface area contributed by atoms with Crippen molar-refractivity contribution in [3.8, 4) is 0 Å². The lowest BCUT2D eigenvalue weighted by Gasteiger charge is -2.40. The molecule has 1 aliphatic rings. The third-order valence-electron chi connectivity index (χ3n) is 5.05. The van der Waals surface area contributed by atoms with Crippen LogP contribution in [0.15, 0.2) is 47.6 Å². The van der Waals surface area contributed by atoms with Crippen molar-refractivity contribution >= 4 is 40.7 Å². The summed E-state index contributed by atoms with van der Waals surface area (Å²) in [6.07, 6.45) is 3.68. The second-order valence-electron chi connectivity index (χ2n) is 7.43. The summed E-state index contributed by atoms with van der Waals surface area (Å²) in [6.45, 7) is 6.33. The van der Waals surface area contributed by atoms with Crippen LogP contribution in [0, 0.1) is 10.1 Å². The number of non-ortho nitro benzene ring substituents is 1. The molecule has 3 rings (SSSR count). The largest absolute Gasteiger partial charge is 0.365 e. The van der Waals surface area contributed by atoms with Crippen LogP contribution in [0.2, 0.25) is 5.02 Å². The highest BCUT2D eigenvalue weighted by molar-refractivity contribution is 6.33. The maximum absolute atomic E-state index is 12.2. The fourth-order valence-electron chi connectivity index (χ4n) is 3.25. The zero-order valence-corrected chi connectivity index (χ0v) is 17.3. The number of nitrogens with one attached hydrogen (secondary N) is 1. The predicted octanol–water partition coefficient (Wildman–Crippen LogP) is 4.64. The molecule has 0 saturated heterocycles. The van der Waals surface area contributed by atoms with Gasteiger partial charge in [0.2, 0.25) is 0 Å². The third kappa shape index (κ3) is 4.14. The SMILES string of the molecule is CC1=CC(C)(C)N(C)c2cc(Cl)c(/C=N/NC(=O)c3ccc([N+](=O)[O-])cc3)cc21. The second-order valence-corrected chi connectivity index (χ2v) is 7.84. The Morgan fingerprint density at radius 2 is 1.93 bits per heavy atom. The number of halogens is 1. The number of allylic oxidation sites excluding steroid dienone is 1. The number of amides is 1. The molecule has 1 heterocycles. The highest BCUT2D eigenvalue weighted by atomic mass is 35.5. The monoisotopic (exact) mass is 412 g/mol. The van der Waals surface area contributed by atoms with Crippen LogP contribution in [-0.2, 0) is 0 Å². The van der Waals surface area contributed by atoms with Crippen molar-refractivity contribution in [1.82, 2.24) is 5.43 Å². The molecule has 0 aromatic heterocycles. The fourth-order valence-corrected chi connectivity index (χ4v) is 3.45. The Morgan fingerprint density at radius 1 is 1.28 bits per heavy atom. The van der Waals surface area contributed by atoms with Crippen LogP contribution in [0.4, 0.5) is 11.4 Å². The molecule has 0 atom stereocenters. The van der Waals surface area contributed by atoms with Crippen molar-refractivity contribution in [3.63, 3.8) is 0 Å². The Hall–Kier alpha value is -3.19. The molecule has 8 heteroatoms. The third-order valence-corrected chi connectivity index (χ3v) is 5.37. The lowest BCUT2D eigenvalue weighted by molar-refractivity contribution is -0.384. The lowest BCUT2D eigenvalue weighted by atomic mass is 9.88. The number of carbonyl (C=O) groups is 1. The zero-order chi connectivity index (χ0) is 21.3. The van der Waals surface area contributed by atoms with Gasteiger partial charge in [-0.05, 0) is 50.6 Å². The highest BCUT2D eigenvalue weighted by Gasteiger charge is 2.29. The van der Waals surface area contributed by atoms with Crippen molar-refractivity contribution in [2.24, 2.45) is 5.10 Å². The van der Waals surface area contributed by atoms with Gasteiger partial charge in [-0.25, -0.2) is 5.43 Å². The molecule has 2 aromatic carbocycles. The molecule has 2 aromatic rings. The van der Waals surface area contributed by atoms with E-state index in [0.29, 0.717) is 10.6 Å². The van der Waals surface area contributed by atoms with Gasteiger partial charge in [-0.3, -0.25) is 14.9 Å². The standard InChI is InChI=1S/C21H21ClN4O3/c1-13-11-21(2,3)25(4)19-10-18(22)15(9-17(13)19)12-23-24-20(27)14-5-7-16(8-6-14)26(28)29/h5-12H,1-4H3,(H,24,27)/b23-12+. The number of benzene rings is 2. The van der Waals surface area contributed by atoms with Crippen LogP contribution in [0.1, 0.15) is 42.3 Å². The summed E-state index contributed by atoms with van der Waals surface area (Å²) in [6, 6.07) is 9.13. The Balaban J connectivity index is 1.79. The van der Waals surface area contributed by atoms with E-state index < -0.39 is 10.8 Å². The number of hydrogen-bond donors (Lipinski definition) is 1. The summed E-state index contributed by atoms with van der Waals surface area (Å²) in [7, 11) is 2.02. The van der Waals surface area contributed by atoms with E-state index in [-0.39, 0.29) is 16.8 Å². The topological polar surface area (TPSA) is 87.8 Å². The summed E-state index contributed by atoms with van der Waals surface area (Å²) in [5.74, 6) is -0.470. The van der Waals surface area contributed by atoms with Gasteiger partial charge in [0.15, 0.2) is 0 Å². The summed E-state index contributed by atoms with van der Waals surface area (Å²) >= 11 is 6.43. The van der Waals surface area contributed by atoms with Gasteiger partial charge in [0, 0.05) is 41.6 Å². The van der Waals surface area contributed by atoms with Crippen molar-refractivity contribution in [1.29, 1.82) is 0 Å². The molecule has 0 radical (unpaired) electrons. The average molecular weight is 413 g/mol. The Bertz CT molecular complexity index is 1040. The van der Waals surface area contributed by atoms with E-state index in [1.54, 1.807) is 0 Å². The predicted molar refractivity (Wildman–Crippen MR) is 116 cm³/mol. The summed E-state index contributed by atoms with van der Waals surface area (Å²) in [5, 5.41) is 15.2. The highest BCUT2D eigenvalue weighted by Crippen LogP contribution is 2.40. The lowest BCUT2D eigenvalue weighted by Crippen LogP contribution is -2.42. The Labute approximate surface area is 173 Å². The second kappa shape index (κ2) is 7.67. The van der Waals surface area contributed by atoms with Crippen LogP contribution in [0.25, 0.3) is 5.57 Å². The number of hydrogen-bond acceptors (Lipinski definition) is 5. The van der Waals surface area contributed by atoms with Crippen LogP contribution >= 0.6 is 11.6 Å². The first-order valence-electron chi connectivity index (χ1n) is 8.95. The number of hydrazone groups is 1. The van der Waals surface area contributed by atoms with Gasteiger partial charge in [0.05, 0.1) is 21.7 Å². The quantitative estimate of drug-likeness (QED) is 0.450.